The Bertz CT molecular complexity index is 237. The maximum Gasteiger partial charge on any atom is 0.410 e. The summed E-state index contributed by atoms with van der Waals surface area (Å²) in [6.45, 7) is 6.07. The molecule has 1 aliphatic heterocycles. The van der Waals surface area contributed by atoms with Crippen molar-refractivity contribution < 1.29 is 14.3 Å². The molecule has 5 heteroatoms. The second-order valence-corrected chi connectivity index (χ2v) is 4.52. The molecule has 0 aromatic carbocycles. The molecule has 0 spiro atoms. The van der Waals surface area contributed by atoms with E-state index >= 15 is 0 Å². The van der Waals surface area contributed by atoms with Gasteiger partial charge in [0, 0.05) is 6.54 Å². The minimum absolute atomic E-state index is 0. The van der Waals surface area contributed by atoms with E-state index in [2.05, 4.69) is 0 Å². The molecule has 1 atom stereocenters. The fourth-order valence-electron chi connectivity index (χ4n) is 1.48. The normalized spacial score (nSPS) is 20.7. The van der Waals surface area contributed by atoms with Gasteiger partial charge in [0.15, 0.2) is 0 Å². The number of aldehydes is 1. The van der Waals surface area contributed by atoms with E-state index in [1.807, 2.05) is 20.8 Å². The highest BCUT2D eigenvalue weighted by molar-refractivity contribution is 7.59. The Balaban J connectivity index is 0.00000196. The number of carbonyl (C=O) groups is 2. The first kappa shape index (κ1) is 14.3. The van der Waals surface area contributed by atoms with Crippen LogP contribution in [0.15, 0.2) is 0 Å². The summed E-state index contributed by atoms with van der Waals surface area (Å²) in [5, 5.41) is 0. The SMILES string of the molecule is CC(C)(C)OC(=O)N1CCC[C@H]1C=O.S. The molecule has 1 fully saturated rings. The molecule has 0 aromatic heterocycles. The van der Waals surface area contributed by atoms with Crippen molar-refractivity contribution >= 4 is 25.9 Å². The topological polar surface area (TPSA) is 46.6 Å². The van der Waals surface area contributed by atoms with E-state index in [4.69, 9.17) is 4.74 Å². The quantitative estimate of drug-likeness (QED) is 0.648. The third-order valence-electron chi connectivity index (χ3n) is 2.08. The lowest BCUT2D eigenvalue weighted by atomic mass is 10.2. The Hall–Kier alpha value is -0.710. The Kier molecular flexibility index (Phi) is 5.14. The van der Waals surface area contributed by atoms with Gasteiger partial charge in [0.25, 0.3) is 0 Å². The van der Waals surface area contributed by atoms with E-state index in [9.17, 15) is 9.59 Å². The third kappa shape index (κ3) is 4.11. The van der Waals surface area contributed by atoms with Crippen LogP contribution in [-0.2, 0) is 9.53 Å². The van der Waals surface area contributed by atoms with Gasteiger partial charge in [-0.1, -0.05) is 0 Å². The highest BCUT2D eigenvalue weighted by Crippen LogP contribution is 2.19. The lowest BCUT2D eigenvalue weighted by Gasteiger charge is -2.26. The van der Waals surface area contributed by atoms with Crippen molar-refractivity contribution in [3.8, 4) is 0 Å². The highest BCUT2D eigenvalue weighted by Gasteiger charge is 2.31. The van der Waals surface area contributed by atoms with Gasteiger partial charge in [-0.3, -0.25) is 4.90 Å². The lowest BCUT2D eigenvalue weighted by Crippen LogP contribution is -2.40. The summed E-state index contributed by atoms with van der Waals surface area (Å²) in [7, 11) is 0. The number of hydrogen-bond acceptors (Lipinski definition) is 3. The van der Waals surface area contributed by atoms with Gasteiger partial charge in [0.05, 0.1) is 6.04 Å². The number of hydrogen-bond donors (Lipinski definition) is 0. The average molecular weight is 233 g/mol. The molecule has 1 aliphatic rings. The number of likely N-dealkylation sites (tertiary alicyclic amines) is 1. The number of carbonyl (C=O) groups excluding carboxylic acids is 2. The summed E-state index contributed by atoms with van der Waals surface area (Å²) in [4.78, 5) is 23.7. The number of amides is 1. The zero-order chi connectivity index (χ0) is 10.8. The zero-order valence-corrected chi connectivity index (χ0v) is 10.4. The molecular weight excluding hydrogens is 214 g/mol. The van der Waals surface area contributed by atoms with E-state index in [0.29, 0.717) is 6.54 Å². The summed E-state index contributed by atoms with van der Waals surface area (Å²) in [6, 6.07) is -0.287. The van der Waals surface area contributed by atoms with Crippen molar-refractivity contribution in [2.24, 2.45) is 0 Å². The predicted molar refractivity (Wildman–Crippen MR) is 62.4 cm³/mol. The van der Waals surface area contributed by atoms with Gasteiger partial charge in [-0.2, -0.15) is 13.5 Å². The van der Waals surface area contributed by atoms with Crippen LogP contribution in [0, 0.1) is 0 Å². The Morgan fingerprint density at radius 1 is 1.47 bits per heavy atom. The van der Waals surface area contributed by atoms with Crippen LogP contribution in [0.3, 0.4) is 0 Å². The fourth-order valence-corrected chi connectivity index (χ4v) is 1.48. The maximum absolute atomic E-state index is 11.6. The summed E-state index contributed by atoms with van der Waals surface area (Å²) < 4.78 is 5.18. The summed E-state index contributed by atoms with van der Waals surface area (Å²) in [6.07, 6.45) is 2.06. The van der Waals surface area contributed by atoms with E-state index in [1.165, 1.54) is 4.90 Å². The molecule has 1 saturated heterocycles. The monoisotopic (exact) mass is 233 g/mol. The smallest absolute Gasteiger partial charge is 0.410 e. The van der Waals surface area contributed by atoms with Gasteiger partial charge in [0.1, 0.15) is 11.9 Å². The predicted octanol–water partition coefficient (Wildman–Crippen LogP) is 1.70. The number of nitrogens with zero attached hydrogens (tertiary/aromatic N) is 1. The van der Waals surface area contributed by atoms with Crippen LogP contribution in [0.4, 0.5) is 4.79 Å². The lowest BCUT2D eigenvalue weighted by molar-refractivity contribution is -0.111. The van der Waals surface area contributed by atoms with Crippen molar-refractivity contribution in [2.45, 2.75) is 45.3 Å². The number of rotatable bonds is 1. The minimum Gasteiger partial charge on any atom is -0.444 e. The van der Waals surface area contributed by atoms with Crippen LogP contribution in [-0.4, -0.2) is 35.5 Å². The Labute approximate surface area is 97.4 Å². The molecule has 0 N–H and O–H groups in total. The summed E-state index contributed by atoms with van der Waals surface area (Å²) >= 11 is 0. The van der Waals surface area contributed by atoms with E-state index < -0.39 is 5.60 Å². The molecule has 0 bridgehead atoms. The average Bonchev–Trinajstić information content (AvgIpc) is 2.47. The summed E-state index contributed by atoms with van der Waals surface area (Å²) in [5.74, 6) is 0. The van der Waals surface area contributed by atoms with Crippen LogP contribution < -0.4 is 0 Å². The van der Waals surface area contributed by atoms with Gasteiger partial charge in [0.2, 0.25) is 0 Å². The van der Waals surface area contributed by atoms with E-state index in [0.717, 1.165) is 19.1 Å². The van der Waals surface area contributed by atoms with Crippen LogP contribution in [0.1, 0.15) is 33.6 Å². The van der Waals surface area contributed by atoms with Crippen molar-refractivity contribution in [2.75, 3.05) is 6.54 Å². The molecule has 0 unspecified atom stereocenters. The van der Waals surface area contributed by atoms with Crippen molar-refractivity contribution in [1.82, 2.24) is 4.90 Å². The van der Waals surface area contributed by atoms with Crippen molar-refractivity contribution in [1.29, 1.82) is 0 Å². The highest BCUT2D eigenvalue weighted by atomic mass is 32.1. The van der Waals surface area contributed by atoms with Gasteiger partial charge in [-0.05, 0) is 33.6 Å². The number of ether oxygens (including phenoxy) is 1. The first-order valence-corrected chi connectivity index (χ1v) is 4.89. The first-order chi connectivity index (χ1) is 6.44. The molecule has 1 heterocycles. The molecule has 0 saturated carbocycles. The molecule has 0 aliphatic carbocycles. The molecule has 1 amide bonds. The molecule has 15 heavy (non-hydrogen) atoms. The molecule has 1 rings (SSSR count). The van der Waals surface area contributed by atoms with Crippen LogP contribution in [0.25, 0.3) is 0 Å². The van der Waals surface area contributed by atoms with Gasteiger partial charge >= 0.3 is 6.09 Å². The molecule has 0 aromatic rings. The van der Waals surface area contributed by atoms with Crippen molar-refractivity contribution in [3.05, 3.63) is 0 Å². The fraction of sp³-hybridized carbons (Fsp3) is 0.800. The van der Waals surface area contributed by atoms with Crippen LogP contribution >= 0.6 is 13.5 Å². The first-order valence-electron chi connectivity index (χ1n) is 4.89. The zero-order valence-electron chi connectivity index (χ0n) is 9.45. The minimum atomic E-state index is -0.493. The molecule has 88 valence electrons. The van der Waals surface area contributed by atoms with Gasteiger partial charge in [-0.15, -0.1) is 0 Å². The largest absolute Gasteiger partial charge is 0.444 e. The Morgan fingerprint density at radius 2 is 2.07 bits per heavy atom. The maximum atomic E-state index is 11.6. The second kappa shape index (κ2) is 5.39. The third-order valence-corrected chi connectivity index (χ3v) is 2.08. The standard InChI is InChI=1S/C10H17NO3.H2S/c1-10(2,3)14-9(13)11-6-4-5-8(11)7-12;/h7-8H,4-6H2,1-3H3;1H2/t8-;/m0./s1. The van der Waals surface area contributed by atoms with Crippen LogP contribution in [0.2, 0.25) is 0 Å². The van der Waals surface area contributed by atoms with Crippen LogP contribution in [0.5, 0.6) is 0 Å². The molecule has 0 radical (unpaired) electrons. The van der Waals surface area contributed by atoms with E-state index in [1.54, 1.807) is 0 Å². The van der Waals surface area contributed by atoms with Crippen molar-refractivity contribution in [3.63, 3.8) is 0 Å². The van der Waals surface area contributed by atoms with Gasteiger partial charge < -0.3 is 9.53 Å². The second-order valence-electron chi connectivity index (χ2n) is 4.52. The summed E-state index contributed by atoms with van der Waals surface area (Å²) in [5.41, 5.74) is -0.493. The Morgan fingerprint density at radius 3 is 2.53 bits per heavy atom. The van der Waals surface area contributed by atoms with E-state index in [-0.39, 0.29) is 25.6 Å². The molecule has 4 nitrogen and oxygen atoms in total. The molecular formula is C10H19NO3S. The van der Waals surface area contributed by atoms with Gasteiger partial charge in [-0.25, -0.2) is 4.79 Å².